The predicted octanol–water partition coefficient (Wildman–Crippen LogP) is 5.31. The lowest BCUT2D eigenvalue weighted by Crippen LogP contribution is -2.14. The molecule has 168 valence electrons. The number of ether oxygens (including phenoxy) is 1. The van der Waals surface area contributed by atoms with Crippen LogP contribution in [-0.2, 0) is 16.4 Å². The second-order valence-corrected chi connectivity index (χ2v) is 10.7. The normalized spacial score (nSPS) is 11.1. The van der Waals surface area contributed by atoms with Gasteiger partial charge in [0.1, 0.15) is 18.2 Å². The minimum Gasteiger partial charge on any atom is -0.487 e. The minimum atomic E-state index is -3.23. The summed E-state index contributed by atoms with van der Waals surface area (Å²) in [6.45, 7) is 4.33. The predicted molar refractivity (Wildman–Crippen MR) is 132 cm³/mol. The van der Waals surface area contributed by atoms with E-state index < -0.39 is 9.84 Å². The zero-order valence-corrected chi connectivity index (χ0v) is 20.5. The standard InChI is InChI=1S/C24H25BrN2O4S/c1-16-4-5-17(2)19(12-16)14-31-23-13-21(10-11-22(23)26-15-32(3,29)30)27-24(28)18-6-8-20(25)9-7-18/h4-13,26H,14-15H2,1-3H3,(H,27,28). The van der Waals surface area contributed by atoms with E-state index in [1.54, 1.807) is 42.5 Å². The topological polar surface area (TPSA) is 84.5 Å². The lowest BCUT2D eigenvalue weighted by Gasteiger charge is -2.16. The van der Waals surface area contributed by atoms with E-state index in [9.17, 15) is 13.2 Å². The van der Waals surface area contributed by atoms with E-state index in [-0.39, 0.29) is 11.8 Å². The molecule has 0 aliphatic heterocycles. The molecule has 3 aromatic rings. The van der Waals surface area contributed by atoms with Crippen LogP contribution in [0.3, 0.4) is 0 Å². The molecule has 2 N–H and O–H groups in total. The van der Waals surface area contributed by atoms with Gasteiger partial charge in [-0.2, -0.15) is 0 Å². The molecule has 0 spiro atoms. The number of hydrogen-bond donors (Lipinski definition) is 2. The van der Waals surface area contributed by atoms with Crippen LogP contribution in [0.25, 0.3) is 0 Å². The van der Waals surface area contributed by atoms with Gasteiger partial charge in [0.25, 0.3) is 5.91 Å². The van der Waals surface area contributed by atoms with Gasteiger partial charge in [0.05, 0.1) is 5.69 Å². The lowest BCUT2D eigenvalue weighted by atomic mass is 10.1. The van der Waals surface area contributed by atoms with Crippen molar-refractivity contribution in [2.75, 3.05) is 22.8 Å². The summed E-state index contributed by atoms with van der Waals surface area (Å²) in [6, 6.07) is 18.2. The number of aryl methyl sites for hydroxylation is 2. The number of anilines is 2. The fraction of sp³-hybridized carbons (Fsp3) is 0.208. The molecule has 0 saturated heterocycles. The zero-order valence-electron chi connectivity index (χ0n) is 18.1. The van der Waals surface area contributed by atoms with Crippen molar-refractivity contribution >= 4 is 43.0 Å². The van der Waals surface area contributed by atoms with E-state index in [2.05, 4.69) is 32.6 Å². The third kappa shape index (κ3) is 6.83. The van der Waals surface area contributed by atoms with Gasteiger partial charge in [0, 0.05) is 28.0 Å². The largest absolute Gasteiger partial charge is 0.487 e. The Morgan fingerprint density at radius 3 is 2.41 bits per heavy atom. The van der Waals surface area contributed by atoms with Crippen LogP contribution in [0.15, 0.2) is 65.1 Å². The van der Waals surface area contributed by atoms with E-state index in [4.69, 9.17) is 4.74 Å². The van der Waals surface area contributed by atoms with E-state index >= 15 is 0 Å². The molecule has 3 rings (SSSR count). The highest BCUT2D eigenvalue weighted by Gasteiger charge is 2.12. The van der Waals surface area contributed by atoms with E-state index in [1.165, 1.54) is 0 Å². The van der Waals surface area contributed by atoms with Crippen molar-refractivity contribution in [1.29, 1.82) is 0 Å². The molecular weight excluding hydrogens is 492 g/mol. The van der Waals surface area contributed by atoms with Gasteiger partial charge in [-0.3, -0.25) is 4.79 Å². The molecule has 32 heavy (non-hydrogen) atoms. The summed E-state index contributed by atoms with van der Waals surface area (Å²) in [5.41, 5.74) is 4.84. The van der Waals surface area contributed by atoms with Crippen LogP contribution < -0.4 is 15.4 Å². The number of rotatable bonds is 8. The summed E-state index contributed by atoms with van der Waals surface area (Å²) in [5.74, 6) is -0.0322. The maximum atomic E-state index is 12.6. The second kappa shape index (κ2) is 10.2. The smallest absolute Gasteiger partial charge is 0.255 e. The van der Waals surface area contributed by atoms with Gasteiger partial charge >= 0.3 is 0 Å². The Balaban J connectivity index is 1.83. The molecule has 0 aliphatic rings. The SMILES string of the molecule is Cc1ccc(C)c(COc2cc(NC(=O)c3ccc(Br)cc3)ccc2NCS(C)(=O)=O)c1. The summed E-state index contributed by atoms with van der Waals surface area (Å²) < 4.78 is 30.2. The first kappa shape index (κ1) is 23.8. The van der Waals surface area contributed by atoms with Crippen LogP contribution in [0.1, 0.15) is 27.0 Å². The molecule has 0 atom stereocenters. The van der Waals surface area contributed by atoms with Gasteiger partial charge in [-0.05, 0) is 61.4 Å². The molecule has 0 unspecified atom stereocenters. The highest BCUT2D eigenvalue weighted by atomic mass is 79.9. The maximum Gasteiger partial charge on any atom is 0.255 e. The second-order valence-electron chi connectivity index (χ2n) is 7.64. The number of sulfone groups is 1. The number of nitrogens with one attached hydrogen (secondary N) is 2. The van der Waals surface area contributed by atoms with Crippen molar-refractivity contribution in [3.05, 3.63) is 87.4 Å². The Labute approximate surface area is 197 Å². The molecule has 0 aromatic heterocycles. The van der Waals surface area contributed by atoms with Crippen molar-refractivity contribution in [2.45, 2.75) is 20.5 Å². The maximum absolute atomic E-state index is 12.6. The molecule has 0 aliphatic carbocycles. The van der Waals surface area contributed by atoms with Crippen molar-refractivity contribution in [3.8, 4) is 5.75 Å². The van der Waals surface area contributed by atoms with Crippen LogP contribution in [0.2, 0.25) is 0 Å². The summed E-state index contributed by atoms with van der Waals surface area (Å²) in [7, 11) is -3.23. The minimum absolute atomic E-state index is 0.225. The van der Waals surface area contributed by atoms with Crippen molar-refractivity contribution in [1.82, 2.24) is 0 Å². The van der Waals surface area contributed by atoms with Crippen molar-refractivity contribution in [3.63, 3.8) is 0 Å². The van der Waals surface area contributed by atoms with Gasteiger partial charge in [-0.25, -0.2) is 8.42 Å². The number of hydrogen-bond acceptors (Lipinski definition) is 5. The molecule has 0 heterocycles. The third-order valence-electron chi connectivity index (χ3n) is 4.76. The van der Waals surface area contributed by atoms with Crippen LogP contribution in [0, 0.1) is 13.8 Å². The molecule has 0 saturated carbocycles. The number of benzene rings is 3. The van der Waals surface area contributed by atoms with Gasteiger partial charge in [0.15, 0.2) is 9.84 Å². The van der Waals surface area contributed by atoms with Crippen LogP contribution in [0.5, 0.6) is 5.75 Å². The third-order valence-corrected chi connectivity index (χ3v) is 5.96. The highest BCUT2D eigenvalue weighted by molar-refractivity contribution is 9.10. The highest BCUT2D eigenvalue weighted by Crippen LogP contribution is 2.30. The molecule has 0 fully saturated rings. The number of carbonyl (C=O) groups is 1. The fourth-order valence-corrected chi connectivity index (χ4v) is 3.67. The van der Waals surface area contributed by atoms with Gasteiger partial charge < -0.3 is 15.4 Å². The lowest BCUT2D eigenvalue weighted by molar-refractivity contribution is 0.102. The number of amides is 1. The Morgan fingerprint density at radius 1 is 1.00 bits per heavy atom. The quantitative estimate of drug-likeness (QED) is 0.423. The van der Waals surface area contributed by atoms with E-state index in [0.717, 1.165) is 27.4 Å². The van der Waals surface area contributed by atoms with Crippen LogP contribution >= 0.6 is 15.9 Å². The molecule has 3 aromatic carbocycles. The Kier molecular flexibility index (Phi) is 7.58. The Hall–Kier alpha value is -2.84. The average molecular weight is 517 g/mol. The zero-order chi connectivity index (χ0) is 23.3. The molecule has 0 bridgehead atoms. The molecular formula is C24H25BrN2O4S. The molecule has 1 amide bonds. The summed E-state index contributed by atoms with van der Waals surface area (Å²) in [5, 5.41) is 5.76. The van der Waals surface area contributed by atoms with E-state index in [1.807, 2.05) is 26.0 Å². The average Bonchev–Trinajstić information content (AvgIpc) is 2.73. The monoisotopic (exact) mass is 516 g/mol. The van der Waals surface area contributed by atoms with Crippen molar-refractivity contribution < 1.29 is 17.9 Å². The summed E-state index contributed by atoms with van der Waals surface area (Å²) >= 11 is 3.36. The first-order valence-corrected chi connectivity index (χ1v) is 12.8. The van der Waals surface area contributed by atoms with Gasteiger partial charge in [-0.1, -0.05) is 39.7 Å². The Bertz CT molecular complexity index is 1230. The molecule has 8 heteroatoms. The number of carbonyl (C=O) groups excluding carboxylic acids is 1. The molecule has 6 nitrogen and oxygen atoms in total. The van der Waals surface area contributed by atoms with Crippen molar-refractivity contribution in [2.24, 2.45) is 0 Å². The molecule has 0 radical (unpaired) electrons. The van der Waals surface area contributed by atoms with Crippen LogP contribution in [0.4, 0.5) is 11.4 Å². The summed E-state index contributed by atoms with van der Waals surface area (Å²) in [4.78, 5) is 12.6. The number of halogens is 1. The summed E-state index contributed by atoms with van der Waals surface area (Å²) in [6.07, 6.45) is 1.16. The van der Waals surface area contributed by atoms with E-state index in [0.29, 0.717) is 29.3 Å². The first-order chi connectivity index (χ1) is 15.1. The fourth-order valence-electron chi connectivity index (χ4n) is 2.99. The van der Waals surface area contributed by atoms with Gasteiger partial charge in [0.2, 0.25) is 0 Å². The first-order valence-electron chi connectivity index (χ1n) is 9.92. The van der Waals surface area contributed by atoms with Crippen LogP contribution in [-0.4, -0.2) is 26.5 Å². The Morgan fingerprint density at radius 2 is 1.72 bits per heavy atom. The van der Waals surface area contributed by atoms with Gasteiger partial charge in [-0.15, -0.1) is 0 Å².